The van der Waals surface area contributed by atoms with E-state index in [2.05, 4.69) is 31.4 Å². The van der Waals surface area contributed by atoms with Gasteiger partial charge in [-0.1, -0.05) is 84.9 Å². The van der Waals surface area contributed by atoms with Crippen LogP contribution in [-0.4, -0.2) is 49.8 Å². The first-order chi connectivity index (χ1) is 22.0. The van der Waals surface area contributed by atoms with E-state index >= 15 is 0 Å². The average molecular weight is 707 g/mol. The number of hydrogen-bond acceptors (Lipinski definition) is 12. The quantitative estimate of drug-likeness (QED) is 0.0468. The molecule has 4 aromatic rings. The van der Waals surface area contributed by atoms with Crippen molar-refractivity contribution in [2.75, 3.05) is 10.9 Å². The van der Waals surface area contributed by atoms with Crippen LogP contribution in [0.25, 0.3) is 12.2 Å². The van der Waals surface area contributed by atoms with Crippen LogP contribution in [0.5, 0.6) is 0 Å². The molecule has 0 aromatic heterocycles. The number of nitrogens with one attached hydrogen (secondary N) is 2. The Morgan fingerprint density at radius 2 is 0.938 bits per heavy atom. The van der Waals surface area contributed by atoms with Crippen molar-refractivity contribution in [3.63, 3.8) is 0 Å². The molecule has 0 aliphatic carbocycles. The van der Waals surface area contributed by atoms with Crippen LogP contribution in [-0.2, 0) is 20.2 Å². The summed E-state index contributed by atoms with van der Waals surface area (Å²) in [6, 6.07) is 24.8. The van der Waals surface area contributed by atoms with Gasteiger partial charge in [0, 0.05) is 23.6 Å². The molecule has 0 spiro atoms. The van der Waals surface area contributed by atoms with Crippen LogP contribution >= 0.6 is 0 Å². The number of hydrogen-bond donors (Lipinski definition) is 4. The minimum Gasteiger partial charge on any atom is -0.792 e. The monoisotopic (exact) mass is 706 g/mol. The van der Waals surface area contributed by atoms with Crippen LogP contribution in [0.4, 0.5) is 11.4 Å². The van der Waals surface area contributed by atoms with E-state index in [0.717, 1.165) is 24.6 Å². The first kappa shape index (κ1) is 40.5. The summed E-state index contributed by atoms with van der Waals surface area (Å²) in [6.07, 6.45) is 4.38. The molecule has 0 heterocycles. The maximum Gasteiger partial charge on any atom is 1.00 e. The molecule has 236 valence electrons. The zero-order chi connectivity index (χ0) is 33.2. The van der Waals surface area contributed by atoms with E-state index in [4.69, 9.17) is 0 Å². The van der Waals surface area contributed by atoms with E-state index in [1.165, 1.54) is 36.4 Å². The summed E-state index contributed by atoms with van der Waals surface area (Å²) in [6.45, 7) is 0. The molecule has 0 saturated carbocycles. The van der Waals surface area contributed by atoms with E-state index in [0.29, 0.717) is 11.1 Å². The maximum atomic E-state index is 12.2. The van der Waals surface area contributed by atoms with Crippen molar-refractivity contribution in [3.05, 3.63) is 130 Å². The van der Waals surface area contributed by atoms with Gasteiger partial charge in [0.1, 0.15) is 21.2 Å². The third-order valence-corrected chi connectivity index (χ3v) is 7.94. The first-order valence-corrected chi connectivity index (χ1v) is 15.9. The molecule has 4 N–H and O–H groups in total. The molecule has 0 fully saturated rings. The van der Waals surface area contributed by atoms with E-state index < -0.39 is 30.0 Å². The Labute approximate surface area is 320 Å². The molecule has 14 nitrogen and oxygen atoms in total. The summed E-state index contributed by atoms with van der Waals surface area (Å²) in [4.78, 5) is -1.09. The van der Waals surface area contributed by atoms with Gasteiger partial charge < -0.3 is 20.7 Å². The molecular formula is C30H24N6Na2O8S2. The van der Waals surface area contributed by atoms with Crippen LogP contribution < -0.4 is 70.0 Å². The topological polar surface area (TPSA) is 228 Å². The molecule has 18 heteroatoms. The van der Waals surface area contributed by atoms with Gasteiger partial charge in [-0.05, 0) is 35.4 Å². The molecule has 0 radical (unpaired) electrons. The molecule has 0 saturated heterocycles. The Morgan fingerprint density at radius 3 is 1.25 bits per heavy atom. The summed E-state index contributed by atoms with van der Waals surface area (Å²) in [5.41, 5.74) is 6.86. The zero-order valence-electron chi connectivity index (χ0n) is 25.5. The van der Waals surface area contributed by atoms with E-state index in [1.54, 1.807) is 60.7 Å². The van der Waals surface area contributed by atoms with E-state index in [1.807, 2.05) is 0 Å². The molecule has 0 aliphatic rings. The van der Waals surface area contributed by atoms with Gasteiger partial charge in [-0.2, -0.15) is 27.0 Å². The van der Waals surface area contributed by atoms with Gasteiger partial charge in [0.15, 0.2) is 0 Å². The molecule has 0 unspecified atom stereocenters. The molecule has 0 aliphatic heterocycles. The van der Waals surface area contributed by atoms with Crippen molar-refractivity contribution in [1.29, 1.82) is 0 Å². The molecular weight excluding hydrogens is 682 g/mol. The zero-order valence-corrected chi connectivity index (χ0v) is 31.1. The SMILES string of the molecule is O=S(=O)(O)c1cc(N/N=C(\C=N/[O-])c2ccccc2)ccc1/C=C/c1ccc(N/N=C(\C=N/[O-])c2ccccc2)cc1S(=O)(=O)O.[Na+].[Na+]. The minimum absolute atomic E-state index is 0. The summed E-state index contributed by atoms with van der Waals surface area (Å²) >= 11 is 0. The fourth-order valence-corrected chi connectivity index (χ4v) is 5.43. The summed E-state index contributed by atoms with van der Waals surface area (Å²) in [7, 11) is -9.58. The van der Waals surface area contributed by atoms with Crippen molar-refractivity contribution in [1.82, 2.24) is 0 Å². The van der Waals surface area contributed by atoms with Crippen molar-refractivity contribution in [2.24, 2.45) is 20.5 Å². The fourth-order valence-electron chi connectivity index (χ4n) is 4.01. The molecule has 0 amide bonds. The molecule has 48 heavy (non-hydrogen) atoms. The van der Waals surface area contributed by atoms with Crippen LogP contribution in [0.1, 0.15) is 22.3 Å². The van der Waals surface area contributed by atoms with Crippen LogP contribution in [0.2, 0.25) is 0 Å². The van der Waals surface area contributed by atoms with Gasteiger partial charge in [-0.15, -0.1) is 0 Å². The summed E-state index contributed by atoms with van der Waals surface area (Å²) in [5.74, 6) is 0. The van der Waals surface area contributed by atoms with Crippen LogP contribution in [0, 0.1) is 10.4 Å². The average Bonchev–Trinajstić information content (AvgIpc) is 3.04. The van der Waals surface area contributed by atoms with Gasteiger partial charge in [0.05, 0.1) is 11.4 Å². The summed E-state index contributed by atoms with van der Waals surface area (Å²) in [5, 5.41) is 35.4. The number of benzene rings is 4. The molecule has 0 atom stereocenters. The number of anilines is 2. The van der Waals surface area contributed by atoms with Crippen molar-refractivity contribution < 1.29 is 85.1 Å². The van der Waals surface area contributed by atoms with Gasteiger partial charge in [-0.3, -0.25) is 20.0 Å². The third kappa shape index (κ3) is 11.5. The molecule has 4 aromatic carbocycles. The Kier molecular flexibility index (Phi) is 15.8. The molecule has 4 rings (SSSR count). The van der Waals surface area contributed by atoms with E-state index in [-0.39, 0.29) is 93.0 Å². The first-order valence-electron chi connectivity index (χ1n) is 13.0. The predicted octanol–water partition coefficient (Wildman–Crippen LogP) is -0.872. The Balaban J connectivity index is 0.00000400. The maximum absolute atomic E-state index is 12.2. The third-order valence-electron chi connectivity index (χ3n) is 6.13. The second-order valence-corrected chi connectivity index (χ2v) is 12.0. The fraction of sp³-hybridized carbons (Fsp3) is 0. The van der Waals surface area contributed by atoms with Gasteiger partial charge in [-0.25, -0.2) is 0 Å². The smallest absolute Gasteiger partial charge is 0.792 e. The Hall–Kier alpha value is -3.68. The van der Waals surface area contributed by atoms with Crippen molar-refractivity contribution >= 4 is 67.6 Å². The Bertz CT molecular complexity index is 1930. The van der Waals surface area contributed by atoms with Crippen LogP contribution in [0.15, 0.2) is 127 Å². The number of nitrogens with zero attached hydrogens (tertiary/aromatic N) is 4. The minimum atomic E-state index is -4.79. The van der Waals surface area contributed by atoms with Crippen LogP contribution in [0.3, 0.4) is 0 Å². The number of hydrazone groups is 2. The second-order valence-electron chi connectivity index (χ2n) is 9.21. The Morgan fingerprint density at radius 1 is 0.583 bits per heavy atom. The summed E-state index contributed by atoms with van der Waals surface area (Å²) < 4.78 is 68.8. The normalized spacial score (nSPS) is 12.5. The molecule has 0 bridgehead atoms. The second kappa shape index (κ2) is 18.8. The van der Waals surface area contributed by atoms with E-state index in [9.17, 15) is 36.4 Å². The standard InChI is InChI=1S/C30H26N6O8S2.2Na/c37-31-19-27(21-7-3-1-4-8-21)35-33-25-15-13-23(29(17-25)45(39,40)41)11-12-24-14-16-26(18-30(24)46(42,43)44)34-36-28(20-32-38)22-9-5-2-6-10-22;;/h1-20,33-34,37-38H,(H,39,40,41)(H,42,43,44);;/q;2*+1/p-2/b12-11+,31-19-,32-20-,35-27+,36-28+;;. The predicted molar refractivity (Wildman–Crippen MR) is 178 cm³/mol. The van der Waals surface area contributed by atoms with Crippen molar-refractivity contribution in [2.45, 2.75) is 9.79 Å². The van der Waals surface area contributed by atoms with Crippen molar-refractivity contribution in [3.8, 4) is 0 Å². The van der Waals surface area contributed by atoms with Gasteiger partial charge in [0.25, 0.3) is 20.2 Å². The largest absolute Gasteiger partial charge is 1.00 e. The van der Waals surface area contributed by atoms with Gasteiger partial charge in [0.2, 0.25) is 0 Å². The van der Waals surface area contributed by atoms with Gasteiger partial charge >= 0.3 is 59.1 Å². The number of rotatable bonds is 12.